The molecule has 0 aliphatic rings. The molecule has 1 unspecified atom stereocenters. The number of nitrogens with zero attached hydrogens (tertiary/aromatic N) is 1. The Balaban J connectivity index is 2.11. The Morgan fingerprint density at radius 1 is 0.909 bits per heavy atom. The van der Waals surface area contributed by atoms with Crippen molar-refractivity contribution >= 4 is 23.8 Å². The van der Waals surface area contributed by atoms with Crippen molar-refractivity contribution < 1.29 is 23.8 Å². The maximum absolute atomic E-state index is 12.9. The Bertz CT molecular complexity index is 895. The summed E-state index contributed by atoms with van der Waals surface area (Å²) in [5.74, 6) is 1.17. The highest BCUT2D eigenvalue weighted by Crippen LogP contribution is 2.38. The highest BCUT2D eigenvalue weighted by atomic mass is 32.2. The lowest BCUT2D eigenvalue weighted by Crippen LogP contribution is -2.42. The van der Waals surface area contributed by atoms with E-state index in [4.69, 9.17) is 14.2 Å². The van der Waals surface area contributed by atoms with Crippen LogP contribution >= 0.6 is 11.8 Å². The van der Waals surface area contributed by atoms with E-state index in [1.54, 1.807) is 11.8 Å². The third-order valence-corrected chi connectivity index (χ3v) is 6.07. The van der Waals surface area contributed by atoms with Gasteiger partial charge >= 0.3 is 12.1 Å². The second kappa shape index (κ2) is 12.0. The van der Waals surface area contributed by atoms with E-state index in [1.165, 1.54) is 11.8 Å². The fourth-order valence-electron chi connectivity index (χ4n) is 2.99. The van der Waals surface area contributed by atoms with Crippen LogP contribution in [-0.4, -0.2) is 47.0 Å². The number of rotatable bonds is 10. The number of esters is 1. The summed E-state index contributed by atoms with van der Waals surface area (Å²) in [6, 6.07) is 17.2. The number of carbonyl (C=O) groups is 2. The van der Waals surface area contributed by atoms with Crippen LogP contribution in [0.25, 0.3) is 0 Å². The van der Waals surface area contributed by atoms with Gasteiger partial charge in [0.1, 0.15) is 21.8 Å². The van der Waals surface area contributed by atoms with Crippen molar-refractivity contribution in [3.63, 3.8) is 0 Å². The Morgan fingerprint density at radius 3 is 2.06 bits per heavy atom. The van der Waals surface area contributed by atoms with E-state index in [9.17, 15) is 9.59 Å². The van der Waals surface area contributed by atoms with E-state index < -0.39 is 10.3 Å². The first-order valence-corrected chi connectivity index (χ1v) is 12.0. The summed E-state index contributed by atoms with van der Waals surface area (Å²) in [5, 5.41) is 0. The SMILES string of the molecule is CCOC(=O)C(C)(CCN(CC)C(=O)OC(C)(C)C)Sc1ccc(Oc2ccccc2)cc1. The zero-order valence-electron chi connectivity index (χ0n) is 20.4. The first kappa shape index (κ1) is 26.6. The highest BCUT2D eigenvalue weighted by Gasteiger charge is 2.37. The quantitative estimate of drug-likeness (QED) is 0.288. The number of hydrogen-bond acceptors (Lipinski definition) is 6. The average Bonchev–Trinajstić information content (AvgIpc) is 2.75. The molecule has 2 aromatic carbocycles. The minimum Gasteiger partial charge on any atom is -0.465 e. The number of amides is 1. The van der Waals surface area contributed by atoms with Crippen molar-refractivity contribution in [2.45, 2.75) is 63.2 Å². The van der Waals surface area contributed by atoms with Crippen LogP contribution in [0.1, 0.15) is 48.0 Å². The molecule has 6 nitrogen and oxygen atoms in total. The summed E-state index contributed by atoms with van der Waals surface area (Å²) in [7, 11) is 0. The van der Waals surface area contributed by atoms with Gasteiger partial charge in [0.2, 0.25) is 0 Å². The van der Waals surface area contributed by atoms with Gasteiger partial charge in [0.05, 0.1) is 6.61 Å². The third kappa shape index (κ3) is 8.65. The number of benzene rings is 2. The van der Waals surface area contributed by atoms with Gasteiger partial charge in [-0.25, -0.2) is 4.79 Å². The smallest absolute Gasteiger partial charge is 0.410 e. The molecule has 1 atom stereocenters. The van der Waals surface area contributed by atoms with E-state index in [2.05, 4.69) is 0 Å². The summed E-state index contributed by atoms with van der Waals surface area (Å²) in [5.41, 5.74) is -0.576. The van der Waals surface area contributed by atoms with Gasteiger partial charge in [-0.15, -0.1) is 11.8 Å². The lowest BCUT2D eigenvalue weighted by atomic mass is 10.1. The minimum absolute atomic E-state index is 0.294. The molecule has 0 radical (unpaired) electrons. The molecule has 2 aromatic rings. The Morgan fingerprint density at radius 2 is 1.52 bits per heavy atom. The molecule has 1 amide bonds. The fraction of sp³-hybridized carbons (Fsp3) is 0.462. The van der Waals surface area contributed by atoms with E-state index in [0.717, 1.165) is 10.6 Å². The molecule has 2 rings (SSSR count). The van der Waals surface area contributed by atoms with Crippen molar-refractivity contribution in [2.24, 2.45) is 0 Å². The largest absolute Gasteiger partial charge is 0.465 e. The molecule has 180 valence electrons. The van der Waals surface area contributed by atoms with Crippen molar-refractivity contribution in [1.29, 1.82) is 0 Å². The molecular weight excluding hydrogens is 438 g/mol. The summed E-state index contributed by atoms with van der Waals surface area (Å²) >= 11 is 1.42. The Kier molecular flexibility index (Phi) is 9.65. The minimum atomic E-state index is -0.868. The maximum atomic E-state index is 12.9. The zero-order valence-corrected chi connectivity index (χ0v) is 21.2. The summed E-state index contributed by atoms with van der Waals surface area (Å²) < 4.78 is 15.8. The predicted molar refractivity (Wildman–Crippen MR) is 132 cm³/mol. The topological polar surface area (TPSA) is 65.1 Å². The van der Waals surface area contributed by atoms with Gasteiger partial charge in [-0.1, -0.05) is 18.2 Å². The van der Waals surface area contributed by atoms with Gasteiger partial charge in [0.15, 0.2) is 0 Å². The lowest BCUT2D eigenvalue weighted by molar-refractivity contribution is -0.145. The number of ether oxygens (including phenoxy) is 3. The van der Waals surface area contributed by atoms with Gasteiger partial charge in [-0.2, -0.15) is 0 Å². The third-order valence-electron chi connectivity index (χ3n) is 4.75. The standard InChI is InChI=1S/C26H35NO5S/c1-7-27(24(29)32-25(3,4)5)19-18-26(6,23(28)30-8-2)33-22-16-14-21(15-17-22)31-20-12-10-9-11-13-20/h9-17H,7-8,18-19H2,1-6H3. The molecule has 0 saturated heterocycles. The van der Waals surface area contributed by atoms with E-state index in [0.29, 0.717) is 31.9 Å². The Hall–Kier alpha value is -2.67. The normalized spacial score (nSPS) is 13.0. The molecule has 0 aliphatic heterocycles. The molecule has 0 heterocycles. The highest BCUT2D eigenvalue weighted by molar-refractivity contribution is 8.01. The number of para-hydroxylation sites is 1. The molecule has 7 heteroatoms. The van der Waals surface area contributed by atoms with Crippen LogP contribution in [0.2, 0.25) is 0 Å². The summed E-state index contributed by atoms with van der Waals surface area (Å²) in [4.78, 5) is 27.9. The average molecular weight is 474 g/mol. The maximum Gasteiger partial charge on any atom is 0.410 e. The first-order valence-electron chi connectivity index (χ1n) is 11.2. The molecular formula is C26H35NO5S. The number of hydrogen-bond donors (Lipinski definition) is 0. The second-order valence-electron chi connectivity index (χ2n) is 8.75. The van der Waals surface area contributed by atoms with E-state index >= 15 is 0 Å². The summed E-state index contributed by atoms with van der Waals surface area (Å²) in [6.45, 7) is 12.2. The van der Waals surface area contributed by atoms with Crippen molar-refractivity contribution in [3.8, 4) is 11.5 Å². The Labute approximate surface area is 201 Å². The van der Waals surface area contributed by atoms with Crippen LogP contribution in [0.5, 0.6) is 11.5 Å². The number of carbonyl (C=O) groups excluding carboxylic acids is 2. The zero-order chi connectivity index (χ0) is 24.5. The summed E-state index contributed by atoms with van der Waals surface area (Å²) in [6.07, 6.45) is 0.0369. The monoisotopic (exact) mass is 473 g/mol. The van der Waals surface area contributed by atoms with E-state index in [-0.39, 0.29) is 12.1 Å². The van der Waals surface area contributed by atoms with E-state index in [1.807, 2.05) is 89.2 Å². The fourth-order valence-corrected chi connectivity index (χ4v) is 4.12. The molecule has 0 N–H and O–H groups in total. The van der Waals surface area contributed by atoms with Crippen molar-refractivity contribution in [2.75, 3.05) is 19.7 Å². The van der Waals surface area contributed by atoms with Gasteiger partial charge in [0, 0.05) is 18.0 Å². The molecule has 0 fully saturated rings. The van der Waals surface area contributed by atoms with Gasteiger partial charge in [0.25, 0.3) is 0 Å². The van der Waals surface area contributed by atoms with Gasteiger partial charge in [-0.05, 0) is 84.4 Å². The first-order chi connectivity index (χ1) is 15.6. The lowest BCUT2D eigenvalue weighted by Gasteiger charge is -2.31. The van der Waals surface area contributed by atoms with Crippen LogP contribution < -0.4 is 4.74 Å². The number of thioether (sulfide) groups is 1. The van der Waals surface area contributed by atoms with Gasteiger partial charge in [-0.3, -0.25) is 4.79 Å². The second-order valence-corrected chi connectivity index (χ2v) is 10.3. The molecule has 0 spiro atoms. The predicted octanol–water partition coefficient (Wildman–Crippen LogP) is 6.54. The van der Waals surface area contributed by atoms with Crippen LogP contribution in [0, 0.1) is 0 Å². The van der Waals surface area contributed by atoms with Crippen LogP contribution in [0.3, 0.4) is 0 Å². The molecule has 0 bridgehead atoms. The van der Waals surface area contributed by atoms with Crippen LogP contribution in [0.15, 0.2) is 59.5 Å². The van der Waals surface area contributed by atoms with Crippen molar-refractivity contribution in [3.05, 3.63) is 54.6 Å². The molecule has 0 aliphatic carbocycles. The van der Waals surface area contributed by atoms with Crippen LogP contribution in [-0.2, 0) is 14.3 Å². The molecule has 0 saturated carbocycles. The van der Waals surface area contributed by atoms with Gasteiger partial charge < -0.3 is 19.1 Å². The van der Waals surface area contributed by atoms with Crippen molar-refractivity contribution in [1.82, 2.24) is 4.90 Å². The van der Waals surface area contributed by atoms with Crippen LogP contribution in [0.4, 0.5) is 4.79 Å². The molecule has 0 aromatic heterocycles. The molecule has 33 heavy (non-hydrogen) atoms.